The van der Waals surface area contributed by atoms with E-state index in [1.807, 2.05) is 6.07 Å². The van der Waals surface area contributed by atoms with Crippen LogP contribution in [0.15, 0.2) is 15.0 Å². The third-order valence-corrected chi connectivity index (χ3v) is 2.79. The molecule has 0 atom stereocenters. The normalized spacial score (nSPS) is 10.4. The van der Waals surface area contributed by atoms with E-state index in [0.717, 1.165) is 0 Å². The van der Waals surface area contributed by atoms with Gasteiger partial charge in [-0.2, -0.15) is 5.26 Å². The molecule has 0 amide bonds. The first kappa shape index (κ1) is 9.71. The van der Waals surface area contributed by atoms with Gasteiger partial charge in [-0.25, -0.2) is 0 Å². The summed E-state index contributed by atoms with van der Waals surface area (Å²) in [6.45, 7) is 0. The van der Waals surface area contributed by atoms with Crippen LogP contribution in [0, 0.1) is 16.2 Å². The SMILES string of the molecule is N#Cc1c(Cl)cc(Br)c2oc(=S)[nH]c12. The van der Waals surface area contributed by atoms with Crippen LogP contribution in [-0.2, 0) is 0 Å². The van der Waals surface area contributed by atoms with Crippen molar-refractivity contribution in [1.82, 2.24) is 4.98 Å². The number of oxazole rings is 1. The van der Waals surface area contributed by atoms with Crippen LogP contribution < -0.4 is 0 Å². The first-order chi connectivity index (χ1) is 6.63. The molecule has 1 aromatic carbocycles. The summed E-state index contributed by atoms with van der Waals surface area (Å²) in [5, 5.41) is 9.23. The van der Waals surface area contributed by atoms with Crippen molar-refractivity contribution in [3.63, 3.8) is 0 Å². The minimum Gasteiger partial charge on any atom is -0.428 e. The zero-order valence-corrected chi connectivity index (χ0v) is 9.76. The molecule has 0 aliphatic carbocycles. The van der Waals surface area contributed by atoms with Gasteiger partial charge in [-0.15, -0.1) is 0 Å². The Bertz CT molecular complexity index is 610. The lowest BCUT2D eigenvalue weighted by atomic mass is 10.2. The van der Waals surface area contributed by atoms with Crippen molar-refractivity contribution in [2.45, 2.75) is 0 Å². The molecule has 0 radical (unpaired) electrons. The molecule has 0 saturated carbocycles. The molecule has 1 heterocycles. The van der Waals surface area contributed by atoms with Gasteiger partial charge in [0.25, 0.3) is 4.84 Å². The standard InChI is InChI=1S/C8H2BrClN2OS/c9-4-1-5(10)3(2-11)6-7(4)13-8(14)12-6/h1H,(H,12,14). The number of benzene rings is 1. The Labute approximate surface area is 97.4 Å². The van der Waals surface area contributed by atoms with Gasteiger partial charge in [-0.1, -0.05) is 11.6 Å². The maximum Gasteiger partial charge on any atom is 0.266 e. The fourth-order valence-corrected chi connectivity index (χ4v) is 2.22. The Morgan fingerprint density at radius 1 is 1.64 bits per heavy atom. The Hall–Kier alpha value is -0.830. The number of nitriles is 1. The van der Waals surface area contributed by atoms with Gasteiger partial charge in [-0.3, -0.25) is 0 Å². The fraction of sp³-hybridized carbons (Fsp3) is 0. The first-order valence-electron chi connectivity index (χ1n) is 3.54. The van der Waals surface area contributed by atoms with Gasteiger partial charge in [0.2, 0.25) is 0 Å². The van der Waals surface area contributed by atoms with Crippen LogP contribution in [0.2, 0.25) is 5.02 Å². The number of aromatic amines is 1. The number of halogens is 2. The highest BCUT2D eigenvalue weighted by molar-refractivity contribution is 9.10. The molecule has 70 valence electrons. The van der Waals surface area contributed by atoms with Gasteiger partial charge >= 0.3 is 0 Å². The number of H-pyrrole nitrogens is 1. The zero-order chi connectivity index (χ0) is 10.3. The fourth-order valence-electron chi connectivity index (χ4n) is 1.15. The molecule has 2 aromatic rings. The van der Waals surface area contributed by atoms with Gasteiger partial charge in [0.15, 0.2) is 5.58 Å². The molecule has 0 unspecified atom stereocenters. The van der Waals surface area contributed by atoms with Gasteiger partial charge < -0.3 is 9.40 Å². The summed E-state index contributed by atoms with van der Waals surface area (Å²) in [6.07, 6.45) is 0. The van der Waals surface area contributed by atoms with Crippen LogP contribution in [0.4, 0.5) is 0 Å². The van der Waals surface area contributed by atoms with E-state index in [0.29, 0.717) is 26.2 Å². The summed E-state index contributed by atoms with van der Waals surface area (Å²) in [4.78, 5) is 2.99. The summed E-state index contributed by atoms with van der Waals surface area (Å²) in [5.41, 5.74) is 1.37. The molecular weight excluding hydrogens is 288 g/mol. The summed E-state index contributed by atoms with van der Waals surface area (Å²) >= 11 is 14.0. The summed E-state index contributed by atoms with van der Waals surface area (Å²) in [5.74, 6) is 0. The van der Waals surface area contributed by atoms with E-state index in [4.69, 9.17) is 33.5 Å². The molecule has 14 heavy (non-hydrogen) atoms. The summed E-state index contributed by atoms with van der Waals surface area (Å²) in [6, 6.07) is 3.59. The smallest absolute Gasteiger partial charge is 0.266 e. The molecule has 0 fully saturated rings. The highest BCUT2D eigenvalue weighted by Crippen LogP contribution is 2.31. The van der Waals surface area contributed by atoms with E-state index >= 15 is 0 Å². The largest absolute Gasteiger partial charge is 0.428 e. The van der Waals surface area contributed by atoms with Gasteiger partial charge in [-0.05, 0) is 34.2 Å². The quantitative estimate of drug-likeness (QED) is 0.751. The van der Waals surface area contributed by atoms with E-state index in [9.17, 15) is 0 Å². The number of fused-ring (bicyclic) bond motifs is 1. The maximum absolute atomic E-state index is 8.87. The average Bonchev–Trinajstić information content (AvgIpc) is 2.48. The van der Waals surface area contributed by atoms with Crippen LogP contribution in [-0.4, -0.2) is 4.98 Å². The molecule has 2 rings (SSSR count). The molecule has 0 bridgehead atoms. The van der Waals surface area contributed by atoms with Crippen molar-refractivity contribution in [3.05, 3.63) is 26.0 Å². The predicted octanol–water partition coefficient (Wildman–Crippen LogP) is 3.78. The van der Waals surface area contributed by atoms with Gasteiger partial charge in [0.05, 0.1) is 15.1 Å². The van der Waals surface area contributed by atoms with Crippen LogP contribution in [0.3, 0.4) is 0 Å². The number of nitrogens with one attached hydrogen (secondary N) is 1. The Kier molecular flexibility index (Phi) is 2.35. The van der Waals surface area contributed by atoms with Crippen molar-refractivity contribution in [3.8, 4) is 6.07 Å². The Balaban J connectivity index is 3.06. The summed E-state index contributed by atoms with van der Waals surface area (Å²) in [7, 11) is 0. The Morgan fingerprint density at radius 3 is 3.00 bits per heavy atom. The number of aromatic nitrogens is 1. The maximum atomic E-state index is 8.87. The number of hydrogen-bond donors (Lipinski definition) is 1. The topological polar surface area (TPSA) is 52.7 Å². The third-order valence-electron chi connectivity index (χ3n) is 1.72. The number of rotatable bonds is 0. The molecule has 3 nitrogen and oxygen atoms in total. The zero-order valence-electron chi connectivity index (χ0n) is 6.60. The minimum absolute atomic E-state index is 0.222. The van der Waals surface area contributed by atoms with Crippen LogP contribution >= 0.6 is 39.7 Å². The van der Waals surface area contributed by atoms with Crippen molar-refractivity contribution in [2.75, 3.05) is 0 Å². The lowest BCUT2D eigenvalue weighted by molar-refractivity contribution is 0.582. The Morgan fingerprint density at radius 2 is 2.36 bits per heavy atom. The van der Waals surface area contributed by atoms with E-state index < -0.39 is 0 Å². The van der Waals surface area contributed by atoms with E-state index in [-0.39, 0.29) is 4.84 Å². The van der Waals surface area contributed by atoms with Crippen LogP contribution in [0.1, 0.15) is 5.56 Å². The number of nitrogens with zero attached hydrogens (tertiary/aromatic N) is 1. The monoisotopic (exact) mass is 288 g/mol. The second-order valence-electron chi connectivity index (χ2n) is 2.55. The summed E-state index contributed by atoms with van der Waals surface area (Å²) < 4.78 is 5.87. The van der Waals surface area contributed by atoms with Gasteiger partial charge in [0, 0.05) is 0 Å². The van der Waals surface area contributed by atoms with E-state index in [1.54, 1.807) is 6.07 Å². The van der Waals surface area contributed by atoms with E-state index in [2.05, 4.69) is 20.9 Å². The molecule has 0 aliphatic heterocycles. The van der Waals surface area contributed by atoms with Crippen molar-refractivity contribution in [1.29, 1.82) is 5.26 Å². The molecule has 0 aliphatic rings. The minimum atomic E-state index is 0.222. The molecule has 6 heteroatoms. The predicted molar refractivity (Wildman–Crippen MR) is 58.8 cm³/mol. The number of hydrogen-bond acceptors (Lipinski definition) is 3. The average molecular weight is 290 g/mol. The van der Waals surface area contributed by atoms with Crippen LogP contribution in [0.25, 0.3) is 11.1 Å². The molecule has 1 N–H and O–H groups in total. The molecule has 1 aromatic heterocycles. The highest BCUT2D eigenvalue weighted by atomic mass is 79.9. The van der Waals surface area contributed by atoms with Crippen LogP contribution in [0.5, 0.6) is 0 Å². The van der Waals surface area contributed by atoms with Crippen molar-refractivity contribution in [2.24, 2.45) is 0 Å². The molecule has 0 saturated heterocycles. The molecular formula is C8H2BrClN2OS. The highest BCUT2D eigenvalue weighted by Gasteiger charge is 2.12. The lowest BCUT2D eigenvalue weighted by Gasteiger charge is -1.97. The van der Waals surface area contributed by atoms with Crippen molar-refractivity contribution >= 4 is 50.8 Å². The second-order valence-corrected chi connectivity index (χ2v) is 4.18. The first-order valence-corrected chi connectivity index (χ1v) is 5.12. The second kappa shape index (κ2) is 3.39. The van der Waals surface area contributed by atoms with Crippen molar-refractivity contribution < 1.29 is 4.42 Å². The van der Waals surface area contributed by atoms with Gasteiger partial charge in [0.1, 0.15) is 11.6 Å². The van der Waals surface area contributed by atoms with E-state index in [1.165, 1.54) is 0 Å². The molecule has 0 spiro atoms. The lowest BCUT2D eigenvalue weighted by Crippen LogP contribution is -1.81. The third kappa shape index (κ3) is 1.36.